The van der Waals surface area contributed by atoms with Gasteiger partial charge in [0.1, 0.15) is 6.67 Å². The van der Waals surface area contributed by atoms with Gasteiger partial charge in [0.25, 0.3) is 5.00 Å². The lowest BCUT2D eigenvalue weighted by Crippen LogP contribution is -2.32. The molecule has 0 saturated heterocycles. The first-order chi connectivity index (χ1) is 8.38. The third-order valence-electron chi connectivity index (χ3n) is 2.76. The van der Waals surface area contributed by atoms with Crippen LogP contribution in [-0.4, -0.2) is 19.6 Å². The molecule has 6 heteroatoms. The van der Waals surface area contributed by atoms with E-state index in [1.807, 2.05) is 0 Å². The maximum Gasteiger partial charge on any atom is 0.307 e. The highest BCUT2D eigenvalue weighted by molar-refractivity contribution is 7.86. The minimum absolute atomic E-state index is 0.425. The molecule has 96 valence electrons. The van der Waals surface area contributed by atoms with Crippen molar-refractivity contribution >= 4 is 20.9 Å². The van der Waals surface area contributed by atoms with Crippen LogP contribution in [0, 0.1) is 0 Å². The normalized spacial score (nSPS) is 15.5. The molecule has 2 aromatic rings. The van der Waals surface area contributed by atoms with Crippen molar-refractivity contribution in [3.05, 3.63) is 48.0 Å². The highest BCUT2D eigenvalue weighted by Gasteiger charge is 2.46. The molecule has 0 radical (unpaired) electrons. The van der Waals surface area contributed by atoms with E-state index in [1.165, 1.54) is 12.1 Å². The smallest absolute Gasteiger partial charge is 0.283 e. The van der Waals surface area contributed by atoms with Crippen LogP contribution in [0.3, 0.4) is 0 Å². The van der Waals surface area contributed by atoms with Gasteiger partial charge in [-0.1, -0.05) is 36.4 Å². The minimum atomic E-state index is -5.18. The van der Waals surface area contributed by atoms with Gasteiger partial charge in [0.15, 0.2) is 0 Å². The first-order valence-corrected chi connectivity index (χ1v) is 6.54. The van der Waals surface area contributed by atoms with E-state index < -0.39 is 27.4 Å². The summed E-state index contributed by atoms with van der Waals surface area (Å²) < 4.78 is 57.5. The van der Waals surface area contributed by atoms with Crippen molar-refractivity contribution in [3.8, 4) is 0 Å². The summed E-state index contributed by atoms with van der Waals surface area (Å²) in [6.07, 6.45) is 0. The van der Waals surface area contributed by atoms with Crippen LogP contribution < -0.4 is 0 Å². The van der Waals surface area contributed by atoms with Crippen molar-refractivity contribution < 1.29 is 21.8 Å². The van der Waals surface area contributed by atoms with Gasteiger partial charge < -0.3 is 0 Å². The monoisotopic (exact) mass is 272 g/mol. The maximum absolute atomic E-state index is 14.1. The molecular weight excluding hydrogens is 262 g/mol. The zero-order chi connectivity index (χ0) is 13.4. The summed E-state index contributed by atoms with van der Waals surface area (Å²) in [6, 6.07) is 10.7. The second-order valence-electron chi connectivity index (χ2n) is 3.90. The Morgan fingerprint density at radius 1 is 1.11 bits per heavy atom. The number of halogens is 2. The van der Waals surface area contributed by atoms with E-state index >= 15 is 0 Å². The lowest BCUT2D eigenvalue weighted by molar-refractivity contribution is 0.194. The summed E-state index contributed by atoms with van der Waals surface area (Å²) in [5.41, 5.74) is -0.425. The van der Waals surface area contributed by atoms with E-state index in [0.29, 0.717) is 5.39 Å². The molecule has 0 aliphatic carbocycles. The molecule has 0 amide bonds. The Labute approximate surface area is 103 Å². The average molecular weight is 272 g/mol. The molecule has 0 saturated carbocycles. The Balaban J connectivity index is 2.67. The van der Waals surface area contributed by atoms with Gasteiger partial charge in [-0.15, -0.1) is 0 Å². The van der Waals surface area contributed by atoms with Crippen LogP contribution in [0.25, 0.3) is 10.8 Å². The van der Waals surface area contributed by atoms with Crippen molar-refractivity contribution in [2.24, 2.45) is 0 Å². The van der Waals surface area contributed by atoms with E-state index in [9.17, 15) is 17.2 Å². The van der Waals surface area contributed by atoms with Crippen molar-refractivity contribution in [3.63, 3.8) is 0 Å². The third kappa shape index (κ3) is 1.97. The fourth-order valence-electron chi connectivity index (χ4n) is 1.72. The Morgan fingerprint density at radius 3 is 2.28 bits per heavy atom. The quantitative estimate of drug-likeness (QED) is 0.874. The SMILES string of the molecule is O=S(=O)(O)C(F)(CF)c1ccc2ccccc2c1. The molecule has 0 aliphatic heterocycles. The summed E-state index contributed by atoms with van der Waals surface area (Å²) >= 11 is 0. The number of benzene rings is 2. The molecule has 1 unspecified atom stereocenters. The molecule has 1 atom stereocenters. The zero-order valence-electron chi connectivity index (χ0n) is 9.18. The molecule has 0 aromatic heterocycles. The van der Waals surface area contributed by atoms with Gasteiger partial charge in [-0.05, 0) is 16.8 Å². The number of fused-ring (bicyclic) bond motifs is 1. The topological polar surface area (TPSA) is 54.4 Å². The second kappa shape index (κ2) is 4.29. The summed E-state index contributed by atoms with van der Waals surface area (Å²) in [6.45, 7) is -1.84. The Morgan fingerprint density at radius 2 is 1.72 bits per heavy atom. The molecule has 0 fully saturated rings. The molecular formula is C12H10F2O3S. The number of hydrogen-bond donors (Lipinski definition) is 1. The average Bonchev–Trinajstić information content (AvgIpc) is 2.35. The van der Waals surface area contributed by atoms with Gasteiger partial charge in [0.2, 0.25) is 0 Å². The number of rotatable bonds is 3. The van der Waals surface area contributed by atoms with E-state index in [1.54, 1.807) is 24.3 Å². The summed E-state index contributed by atoms with van der Waals surface area (Å²) in [5.74, 6) is 0. The van der Waals surface area contributed by atoms with Crippen LogP contribution in [0.1, 0.15) is 5.56 Å². The van der Waals surface area contributed by atoms with Crippen LogP contribution >= 0.6 is 0 Å². The molecule has 2 rings (SSSR count). The highest BCUT2D eigenvalue weighted by Crippen LogP contribution is 2.33. The Hall–Kier alpha value is -1.53. The Bertz CT molecular complexity index is 685. The van der Waals surface area contributed by atoms with E-state index in [0.717, 1.165) is 11.5 Å². The predicted octanol–water partition coefficient (Wildman–Crippen LogP) is 2.82. The van der Waals surface area contributed by atoms with Gasteiger partial charge >= 0.3 is 10.1 Å². The maximum atomic E-state index is 14.1. The van der Waals surface area contributed by atoms with Gasteiger partial charge in [-0.25, -0.2) is 8.78 Å². The van der Waals surface area contributed by atoms with Crippen LogP contribution in [0.5, 0.6) is 0 Å². The lowest BCUT2D eigenvalue weighted by Gasteiger charge is -2.19. The second-order valence-corrected chi connectivity index (χ2v) is 5.50. The van der Waals surface area contributed by atoms with Crippen molar-refractivity contribution in [2.45, 2.75) is 5.00 Å². The third-order valence-corrected chi connectivity index (χ3v) is 3.92. The fraction of sp³-hybridized carbons (Fsp3) is 0.167. The molecule has 3 nitrogen and oxygen atoms in total. The lowest BCUT2D eigenvalue weighted by atomic mass is 10.0. The summed E-state index contributed by atoms with van der Waals surface area (Å²) in [5, 5.41) is -2.09. The first-order valence-electron chi connectivity index (χ1n) is 5.10. The summed E-state index contributed by atoms with van der Waals surface area (Å²) in [4.78, 5) is 0. The van der Waals surface area contributed by atoms with Crippen molar-refractivity contribution in [1.82, 2.24) is 0 Å². The standard InChI is InChI=1S/C12H10F2O3S/c13-8-12(14,18(15,16)17)11-6-5-9-3-1-2-4-10(9)7-11/h1-7H,8H2,(H,15,16,17). The molecule has 2 aromatic carbocycles. The molecule has 0 aliphatic rings. The number of hydrogen-bond acceptors (Lipinski definition) is 2. The van der Waals surface area contributed by atoms with E-state index in [4.69, 9.17) is 4.55 Å². The van der Waals surface area contributed by atoms with Gasteiger partial charge in [-0.3, -0.25) is 4.55 Å². The largest absolute Gasteiger partial charge is 0.307 e. The minimum Gasteiger partial charge on any atom is -0.283 e. The van der Waals surface area contributed by atoms with Gasteiger partial charge in [0, 0.05) is 5.56 Å². The number of alkyl halides is 2. The highest BCUT2D eigenvalue weighted by atomic mass is 32.2. The van der Waals surface area contributed by atoms with Gasteiger partial charge in [-0.2, -0.15) is 8.42 Å². The van der Waals surface area contributed by atoms with Gasteiger partial charge in [0.05, 0.1) is 0 Å². The zero-order valence-corrected chi connectivity index (χ0v) is 9.99. The molecule has 1 N–H and O–H groups in total. The van der Waals surface area contributed by atoms with Crippen molar-refractivity contribution in [2.75, 3.05) is 6.67 Å². The molecule has 18 heavy (non-hydrogen) atoms. The van der Waals surface area contributed by atoms with E-state index in [-0.39, 0.29) is 0 Å². The summed E-state index contributed by atoms with van der Waals surface area (Å²) in [7, 11) is -5.18. The predicted molar refractivity (Wildman–Crippen MR) is 64.3 cm³/mol. The Kier molecular flexibility index (Phi) is 3.08. The van der Waals surface area contributed by atoms with Crippen molar-refractivity contribution in [1.29, 1.82) is 0 Å². The van der Waals surface area contributed by atoms with Crippen LogP contribution in [0.2, 0.25) is 0 Å². The molecule has 0 bridgehead atoms. The molecule has 0 heterocycles. The first kappa shape index (κ1) is 12.9. The molecule has 0 spiro atoms. The fourth-order valence-corrected chi connectivity index (χ4v) is 2.28. The van der Waals surface area contributed by atoms with Crippen LogP contribution in [-0.2, 0) is 15.1 Å². The van der Waals surface area contributed by atoms with Crippen LogP contribution in [0.15, 0.2) is 42.5 Å². The van der Waals surface area contributed by atoms with Crippen LogP contribution in [0.4, 0.5) is 8.78 Å². The van der Waals surface area contributed by atoms with E-state index in [2.05, 4.69) is 0 Å².